The average molecular weight is 1090 g/mol. The second-order valence-electron chi connectivity index (χ2n) is 17.6. The summed E-state index contributed by atoms with van der Waals surface area (Å²) < 4.78 is 39.0. The number of quaternary nitrogens is 2. The van der Waals surface area contributed by atoms with Crippen LogP contribution < -0.4 is 59.0 Å². The Morgan fingerprint density at radius 3 is 2.06 bits per heavy atom. The molecule has 0 aliphatic carbocycles. The number of hydrogen-bond acceptors (Lipinski definition) is 11. The smallest absolute Gasteiger partial charge is 0.243 e. The maximum Gasteiger partial charge on any atom is 0.243 e. The van der Waals surface area contributed by atoms with E-state index in [2.05, 4.69) is 57.8 Å². The van der Waals surface area contributed by atoms with E-state index in [4.69, 9.17) is 14.6 Å². The van der Waals surface area contributed by atoms with Crippen LogP contribution in [0.2, 0.25) is 0 Å². The van der Waals surface area contributed by atoms with E-state index in [0.717, 1.165) is 97.2 Å². The number of nitrogens with one attached hydrogen (secondary N) is 2. The van der Waals surface area contributed by atoms with Crippen molar-refractivity contribution in [2.24, 2.45) is 0 Å². The summed E-state index contributed by atoms with van der Waals surface area (Å²) >= 11 is 10.3. The van der Waals surface area contributed by atoms with Crippen molar-refractivity contribution < 1.29 is 67.2 Å². The van der Waals surface area contributed by atoms with Gasteiger partial charge in [-0.1, -0.05) is 42.0 Å². The molecule has 0 bridgehead atoms. The number of aliphatic hydroxyl groups is 1. The van der Waals surface area contributed by atoms with Crippen LogP contribution in [0.3, 0.4) is 0 Å². The first-order chi connectivity index (χ1) is 30.1. The number of methoxy groups -OCH3 is 2. The van der Waals surface area contributed by atoms with Gasteiger partial charge in [0, 0.05) is 86.2 Å². The van der Waals surface area contributed by atoms with E-state index in [1.807, 2.05) is 60.4 Å². The van der Waals surface area contributed by atoms with Crippen molar-refractivity contribution in [3.05, 3.63) is 89.5 Å². The van der Waals surface area contributed by atoms with Crippen molar-refractivity contribution in [1.29, 1.82) is 0 Å². The molecule has 6 aliphatic rings. The van der Waals surface area contributed by atoms with E-state index in [9.17, 15) is 8.42 Å². The quantitative estimate of drug-likeness (QED) is 0.114. The fraction of sp³-hybridized carbons (Fsp3) is 0.617. The molecule has 0 radical (unpaired) electrons. The molecule has 9 rings (SSSR count). The third-order valence-corrected chi connectivity index (χ3v) is 17.3. The van der Waals surface area contributed by atoms with Crippen molar-refractivity contribution in [2.75, 3.05) is 91.2 Å². The van der Waals surface area contributed by atoms with Crippen LogP contribution in [0.5, 0.6) is 11.5 Å². The number of nitrogens with two attached hydrogens (primary N) is 1. The number of hydrogen-bond donors (Lipinski definition) is 6. The van der Waals surface area contributed by atoms with Gasteiger partial charge in [0.05, 0.1) is 32.3 Å². The van der Waals surface area contributed by atoms with Gasteiger partial charge in [0.2, 0.25) is 10.0 Å². The molecule has 360 valence electrons. The van der Waals surface area contributed by atoms with E-state index in [-0.39, 0.29) is 46.6 Å². The van der Waals surface area contributed by atoms with Crippen LogP contribution in [-0.4, -0.2) is 155 Å². The summed E-state index contributed by atoms with van der Waals surface area (Å²) in [7, 11) is -0.163. The standard InChI is InChI=1S/C23H30N2O3S2.C8H16N2O.C8H16N2S.C8H10OS.2BrH/c1-18-5-11-23(12-6-18)30(26,27)25-15-20-4-3-13-24(20)14-21(25)17-29-16-19-7-9-22(28-2)10-8-19;2*11-6-7-5-10-3-1-2-8(10)4-9-7;1-9-8-4-2-7(6-10)3-5-8;;/h5-12,20-21H,3-4,13-17H2,1-2H3;2*7-9,11H,1-6H2;2-5,10H,6H2,1H3;2*1H/t20-,21+;2*7-,8+;;;/m011.../s1. The third-order valence-electron chi connectivity index (χ3n) is 13.4. The molecule has 11 nitrogen and oxygen atoms in total. The molecular weight excluding hydrogens is 1020 g/mol. The van der Waals surface area contributed by atoms with E-state index in [1.54, 1.807) is 42.4 Å². The number of halogens is 2. The monoisotopic (exact) mass is 1090 g/mol. The van der Waals surface area contributed by atoms with Gasteiger partial charge in [-0.3, -0.25) is 9.80 Å². The summed E-state index contributed by atoms with van der Waals surface area (Å²) in [6.45, 7) is 12.3. The lowest BCUT2D eigenvalue weighted by Gasteiger charge is -2.42. The zero-order valence-corrected chi connectivity index (χ0v) is 44.6. The van der Waals surface area contributed by atoms with Gasteiger partial charge in [-0.15, -0.1) is 0 Å². The van der Waals surface area contributed by atoms with Gasteiger partial charge < -0.3 is 64.1 Å². The van der Waals surface area contributed by atoms with Crippen LogP contribution in [0, 0.1) is 6.92 Å². The number of rotatable bonds is 11. The Hall–Kier alpha value is -1.06. The zero-order valence-electron chi connectivity index (χ0n) is 38.0. The Morgan fingerprint density at radius 2 is 1.45 bits per heavy atom. The number of sulfonamides is 1. The predicted octanol–water partition coefficient (Wildman–Crippen LogP) is -2.77. The molecule has 6 aliphatic heterocycles. The molecule has 3 aromatic carbocycles. The molecule has 7 atom stereocenters. The second-order valence-corrected chi connectivity index (χ2v) is 21.2. The van der Waals surface area contributed by atoms with E-state index >= 15 is 0 Å². The van der Waals surface area contributed by atoms with Gasteiger partial charge in [-0.25, -0.2) is 8.42 Å². The number of ether oxygens (including phenoxy) is 2. The molecule has 0 spiro atoms. The first-order valence-electron chi connectivity index (χ1n) is 22.8. The Bertz CT molecular complexity index is 1820. The zero-order chi connectivity index (χ0) is 43.9. The molecular formula is C47H74Br2N6O5S4. The fourth-order valence-electron chi connectivity index (χ4n) is 9.69. The minimum atomic E-state index is -3.49. The van der Waals surface area contributed by atoms with Crippen LogP contribution >= 0.6 is 37.0 Å². The lowest BCUT2D eigenvalue weighted by molar-refractivity contribution is -0.968. The lowest BCUT2D eigenvalue weighted by Crippen LogP contribution is -3.24. The third kappa shape index (κ3) is 16.0. The SMILES string of the molecule is COc1ccc(CS)cc1.COc1ccc(CSC[C@H]2CN3CCC[C@H]3CN2S(=O)(=O)c2ccc(C)cc2)cc1.OC[C@H]1CN2CCC[C@H]2CN1.SC[C@H]1C[NH+]2CCC[C@H]2C[NH2+]1.[Br-].[Br-]. The summed E-state index contributed by atoms with van der Waals surface area (Å²) in [5, 5.41) is 14.8. The minimum absolute atomic E-state index is 0. The molecule has 0 saturated carbocycles. The highest BCUT2D eigenvalue weighted by molar-refractivity contribution is 7.98. The summed E-state index contributed by atoms with van der Waals surface area (Å²) in [6.07, 6.45) is 7.84. The van der Waals surface area contributed by atoms with E-state index in [0.29, 0.717) is 23.5 Å². The van der Waals surface area contributed by atoms with Gasteiger partial charge in [-0.2, -0.15) is 41.3 Å². The minimum Gasteiger partial charge on any atom is -1.00 e. The largest absolute Gasteiger partial charge is 1.00 e. The summed E-state index contributed by atoms with van der Waals surface area (Å²) in [5.41, 5.74) is 3.51. The Kier molecular flexibility index (Phi) is 24.7. The van der Waals surface area contributed by atoms with Gasteiger partial charge in [0.25, 0.3) is 0 Å². The molecule has 6 fully saturated rings. The van der Waals surface area contributed by atoms with Crippen LogP contribution in [-0.2, 0) is 21.5 Å². The predicted molar refractivity (Wildman–Crippen MR) is 260 cm³/mol. The molecule has 3 aromatic rings. The molecule has 1 unspecified atom stereocenters. The Labute approximate surface area is 420 Å². The van der Waals surface area contributed by atoms with Gasteiger partial charge in [0.1, 0.15) is 36.7 Å². The van der Waals surface area contributed by atoms with E-state index < -0.39 is 10.0 Å². The average Bonchev–Trinajstić information content (AvgIpc) is 4.11. The highest BCUT2D eigenvalue weighted by atomic mass is 79.9. The molecule has 5 N–H and O–H groups in total. The number of benzene rings is 3. The highest BCUT2D eigenvalue weighted by Gasteiger charge is 2.42. The van der Waals surface area contributed by atoms with Crippen LogP contribution in [0.15, 0.2) is 77.7 Å². The van der Waals surface area contributed by atoms with Gasteiger partial charge >= 0.3 is 0 Å². The molecule has 0 aromatic heterocycles. The molecule has 64 heavy (non-hydrogen) atoms. The molecule has 6 saturated heterocycles. The first-order valence-corrected chi connectivity index (χ1v) is 26.6. The number of aryl methyl sites for hydroxylation is 1. The van der Waals surface area contributed by atoms with E-state index in [1.165, 1.54) is 63.0 Å². The number of fused-ring (bicyclic) bond motifs is 3. The number of thiol groups is 2. The first kappa shape index (κ1) is 55.5. The topological polar surface area (TPSA) is 116 Å². The number of thioether (sulfide) groups is 1. The van der Waals surface area contributed by atoms with Crippen LogP contribution in [0.4, 0.5) is 0 Å². The highest BCUT2D eigenvalue weighted by Crippen LogP contribution is 2.31. The van der Waals surface area contributed by atoms with Gasteiger partial charge in [-0.05, 0) is 93.2 Å². The second kappa shape index (κ2) is 28.4. The molecule has 6 heterocycles. The normalized spacial score (nSPS) is 26.4. The lowest BCUT2D eigenvalue weighted by atomic mass is 10.1. The molecule has 0 amide bonds. The van der Waals surface area contributed by atoms with Crippen molar-refractivity contribution in [3.8, 4) is 11.5 Å². The Balaban J connectivity index is 0.000000216. The maximum absolute atomic E-state index is 13.5. The summed E-state index contributed by atoms with van der Waals surface area (Å²) in [5.74, 6) is 5.24. The number of aliphatic hydroxyl groups excluding tert-OH is 1. The number of nitrogens with zero attached hydrogens (tertiary/aromatic N) is 3. The Morgan fingerprint density at radius 1 is 0.828 bits per heavy atom. The summed E-state index contributed by atoms with van der Waals surface area (Å²) in [6, 6.07) is 26.4. The van der Waals surface area contributed by atoms with Crippen molar-refractivity contribution in [2.45, 2.75) is 98.1 Å². The van der Waals surface area contributed by atoms with Gasteiger partial charge in [0.15, 0.2) is 0 Å². The molecule has 17 heteroatoms. The van der Waals surface area contributed by atoms with Crippen molar-refractivity contribution in [1.82, 2.24) is 19.4 Å². The van der Waals surface area contributed by atoms with Crippen LogP contribution in [0.1, 0.15) is 55.2 Å². The summed E-state index contributed by atoms with van der Waals surface area (Å²) in [4.78, 5) is 7.24. The van der Waals surface area contributed by atoms with Crippen molar-refractivity contribution in [3.63, 3.8) is 0 Å². The van der Waals surface area contributed by atoms with Crippen LogP contribution in [0.25, 0.3) is 0 Å². The number of piperazine rings is 3. The maximum atomic E-state index is 13.5. The fourth-order valence-corrected chi connectivity index (χ4v) is 13.0. The van der Waals surface area contributed by atoms with Crippen molar-refractivity contribution >= 4 is 47.0 Å².